The second kappa shape index (κ2) is 7.33. The number of rotatable bonds is 4. The Hall–Kier alpha value is -2.19. The van der Waals surface area contributed by atoms with Gasteiger partial charge < -0.3 is 10.2 Å². The summed E-state index contributed by atoms with van der Waals surface area (Å²) in [5.41, 5.74) is -0.531. The topological polar surface area (TPSA) is 69.7 Å². The van der Waals surface area contributed by atoms with Crippen LogP contribution in [0.25, 0.3) is 0 Å². The molecule has 2 saturated heterocycles. The number of halogens is 1. The van der Waals surface area contributed by atoms with E-state index in [1.807, 2.05) is 35.7 Å². The maximum atomic E-state index is 13.1. The van der Waals surface area contributed by atoms with Crippen molar-refractivity contribution in [3.05, 3.63) is 56.7 Å². The van der Waals surface area contributed by atoms with Crippen molar-refractivity contribution in [3.63, 3.8) is 0 Å². The van der Waals surface area contributed by atoms with Crippen LogP contribution in [-0.2, 0) is 15.1 Å². The largest absolute Gasteiger partial charge is 0.333 e. The van der Waals surface area contributed by atoms with Crippen LogP contribution in [0.1, 0.15) is 36.2 Å². The Balaban J connectivity index is 1.54. The maximum absolute atomic E-state index is 13.1. The third kappa shape index (κ3) is 3.14. The Morgan fingerprint density at radius 2 is 2.07 bits per heavy atom. The van der Waals surface area contributed by atoms with Gasteiger partial charge in [-0.15, -0.1) is 11.3 Å². The van der Waals surface area contributed by atoms with E-state index in [1.165, 1.54) is 0 Å². The summed E-state index contributed by atoms with van der Waals surface area (Å²) < 4.78 is 0.733. The highest BCUT2D eigenvalue weighted by Crippen LogP contribution is 2.36. The SMILES string of the molecule is CC1(c2ccccc2Br)NC(=O)N(CC(=O)N2CCCC2c2cccs2)C1=O. The molecule has 0 spiro atoms. The summed E-state index contributed by atoms with van der Waals surface area (Å²) in [4.78, 5) is 42.6. The lowest BCUT2D eigenvalue weighted by Crippen LogP contribution is -2.44. The van der Waals surface area contributed by atoms with Crippen LogP contribution in [0.15, 0.2) is 46.3 Å². The molecule has 2 aliphatic heterocycles. The third-order valence-electron chi connectivity index (χ3n) is 5.43. The Bertz CT molecular complexity index is 933. The molecule has 146 valence electrons. The van der Waals surface area contributed by atoms with Crippen molar-refractivity contribution < 1.29 is 14.4 Å². The molecule has 0 aliphatic carbocycles. The molecule has 8 heteroatoms. The molecule has 2 fully saturated rings. The normalized spacial score (nSPS) is 24.7. The molecule has 0 saturated carbocycles. The molecule has 2 unspecified atom stereocenters. The first-order chi connectivity index (χ1) is 13.4. The van der Waals surface area contributed by atoms with Crippen LogP contribution in [0.5, 0.6) is 0 Å². The summed E-state index contributed by atoms with van der Waals surface area (Å²) in [6, 6.07) is 10.8. The number of carbonyl (C=O) groups excluding carboxylic acids is 3. The molecule has 0 radical (unpaired) electrons. The van der Waals surface area contributed by atoms with Gasteiger partial charge in [0.1, 0.15) is 12.1 Å². The van der Waals surface area contributed by atoms with Crippen molar-refractivity contribution >= 4 is 45.1 Å². The average molecular weight is 462 g/mol. The van der Waals surface area contributed by atoms with Crippen LogP contribution in [0.2, 0.25) is 0 Å². The van der Waals surface area contributed by atoms with Gasteiger partial charge in [-0.2, -0.15) is 0 Å². The molecule has 1 aromatic heterocycles. The quantitative estimate of drug-likeness (QED) is 0.706. The minimum atomic E-state index is -1.20. The van der Waals surface area contributed by atoms with Crippen LogP contribution >= 0.6 is 27.3 Å². The summed E-state index contributed by atoms with van der Waals surface area (Å²) >= 11 is 5.07. The average Bonchev–Trinajstić information content (AvgIpc) is 3.39. The van der Waals surface area contributed by atoms with Crippen LogP contribution in [-0.4, -0.2) is 40.7 Å². The second-order valence-corrected chi connectivity index (χ2v) is 9.02. The van der Waals surface area contributed by atoms with E-state index in [2.05, 4.69) is 21.2 Å². The highest BCUT2D eigenvalue weighted by molar-refractivity contribution is 9.10. The van der Waals surface area contributed by atoms with Crippen molar-refractivity contribution in [3.8, 4) is 0 Å². The van der Waals surface area contributed by atoms with Gasteiger partial charge in [0.2, 0.25) is 5.91 Å². The van der Waals surface area contributed by atoms with Gasteiger partial charge in [-0.3, -0.25) is 14.5 Å². The number of thiophene rings is 1. The highest BCUT2D eigenvalue weighted by atomic mass is 79.9. The zero-order chi connectivity index (χ0) is 19.9. The zero-order valence-electron chi connectivity index (χ0n) is 15.4. The predicted octanol–water partition coefficient (Wildman–Crippen LogP) is 3.64. The molecule has 2 aliphatic rings. The van der Waals surface area contributed by atoms with Gasteiger partial charge in [0.05, 0.1) is 6.04 Å². The monoisotopic (exact) mass is 461 g/mol. The van der Waals surface area contributed by atoms with Gasteiger partial charge >= 0.3 is 6.03 Å². The summed E-state index contributed by atoms with van der Waals surface area (Å²) in [6.07, 6.45) is 1.82. The van der Waals surface area contributed by atoms with E-state index >= 15 is 0 Å². The first-order valence-electron chi connectivity index (χ1n) is 9.14. The van der Waals surface area contributed by atoms with Crippen molar-refractivity contribution in [2.24, 2.45) is 0 Å². The minimum Gasteiger partial charge on any atom is -0.333 e. The molecule has 1 aromatic carbocycles. The summed E-state index contributed by atoms with van der Waals surface area (Å²) in [5, 5.41) is 4.76. The maximum Gasteiger partial charge on any atom is 0.325 e. The van der Waals surface area contributed by atoms with Crippen molar-refractivity contribution in [2.75, 3.05) is 13.1 Å². The van der Waals surface area contributed by atoms with E-state index in [-0.39, 0.29) is 18.5 Å². The molecule has 28 heavy (non-hydrogen) atoms. The van der Waals surface area contributed by atoms with Gasteiger partial charge in [-0.05, 0) is 37.3 Å². The van der Waals surface area contributed by atoms with Crippen LogP contribution in [0, 0.1) is 0 Å². The molecule has 4 amide bonds. The fourth-order valence-electron chi connectivity index (χ4n) is 3.96. The van der Waals surface area contributed by atoms with E-state index in [0.717, 1.165) is 27.1 Å². The molecule has 1 N–H and O–H groups in total. The molecule has 2 atom stereocenters. The molecular weight excluding hydrogens is 442 g/mol. The fourth-order valence-corrected chi connectivity index (χ4v) is 5.51. The fraction of sp³-hybridized carbons (Fsp3) is 0.350. The van der Waals surface area contributed by atoms with Crippen LogP contribution < -0.4 is 5.32 Å². The van der Waals surface area contributed by atoms with E-state index in [0.29, 0.717) is 12.1 Å². The van der Waals surface area contributed by atoms with Gasteiger partial charge in [-0.25, -0.2) is 4.79 Å². The van der Waals surface area contributed by atoms with E-state index in [4.69, 9.17) is 0 Å². The van der Waals surface area contributed by atoms with Crippen LogP contribution in [0.3, 0.4) is 0 Å². The molecule has 2 aromatic rings. The van der Waals surface area contributed by atoms with Gasteiger partial charge in [0, 0.05) is 21.5 Å². The zero-order valence-corrected chi connectivity index (χ0v) is 17.8. The summed E-state index contributed by atoms with van der Waals surface area (Å²) in [7, 11) is 0. The standard InChI is InChI=1S/C20H20BrN3O3S/c1-20(13-6-2-3-7-14(13)21)18(26)24(19(27)22-20)12-17(25)23-10-4-8-15(23)16-9-5-11-28-16/h2-3,5-7,9,11,15H,4,8,10,12H2,1H3,(H,22,27). The highest BCUT2D eigenvalue weighted by Gasteiger charge is 2.50. The van der Waals surface area contributed by atoms with Crippen molar-refractivity contribution in [1.82, 2.24) is 15.1 Å². The second-order valence-electron chi connectivity index (χ2n) is 7.19. The smallest absolute Gasteiger partial charge is 0.325 e. The summed E-state index contributed by atoms with van der Waals surface area (Å²) in [6.45, 7) is 2.07. The summed E-state index contributed by atoms with van der Waals surface area (Å²) in [5.74, 6) is -0.611. The first-order valence-corrected chi connectivity index (χ1v) is 10.8. The van der Waals surface area contributed by atoms with E-state index in [9.17, 15) is 14.4 Å². The van der Waals surface area contributed by atoms with Gasteiger partial charge in [-0.1, -0.05) is 40.2 Å². The number of hydrogen-bond acceptors (Lipinski definition) is 4. The Labute approximate surface area is 175 Å². The Morgan fingerprint density at radius 3 is 2.79 bits per heavy atom. The molecule has 0 bridgehead atoms. The Kier molecular flexibility index (Phi) is 5.01. The number of nitrogens with one attached hydrogen (secondary N) is 1. The Morgan fingerprint density at radius 1 is 1.29 bits per heavy atom. The number of amides is 4. The number of likely N-dealkylation sites (tertiary alicyclic amines) is 1. The number of carbonyl (C=O) groups is 3. The van der Waals surface area contributed by atoms with Crippen LogP contribution in [0.4, 0.5) is 4.79 Å². The molecular formula is C20H20BrN3O3S. The minimum absolute atomic E-state index is 0.0305. The number of imide groups is 1. The van der Waals surface area contributed by atoms with Gasteiger partial charge in [0.25, 0.3) is 5.91 Å². The number of urea groups is 1. The van der Waals surface area contributed by atoms with E-state index < -0.39 is 17.5 Å². The first kappa shape index (κ1) is 19.1. The van der Waals surface area contributed by atoms with Gasteiger partial charge in [0.15, 0.2) is 0 Å². The van der Waals surface area contributed by atoms with Crippen molar-refractivity contribution in [2.45, 2.75) is 31.3 Å². The molecule has 6 nitrogen and oxygen atoms in total. The number of hydrogen-bond donors (Lipinski definition) is 1. The molecule has 3 heterocycles. The number of nitrogens with zero attached hydrogens (tertiary/aromatic N) is 2. The molecule has 4 rings (SSSR count). The predicted molar refractivity (Wildman–Crippen MR) is 110 cm³/mol. The third-order valence-corrected chi connectivity index (χ3v) is 7.09. The van der Waals surface area contributed by atoms with E-state index in [1.54, 1.807) is 29.2 Å². The lowest BCUT2D eigenvalue weighted by atomic mass is 9.92. The lowest BCUT2D eigenvalue weighted by Gasteiger charge is -2.26. The lowest BCUT2D eigenvalue weighted by molar-refractivity contribution is -0.139. The number of benzene rings is 1. The van der Waals surface area contributed by atoms with Crippen molar-refractivity contribution in [1.29, 1.82) is 0 Å².